The molecule has 1 saturated carbocycles. The van der Waals surface area contributed by atoms with Crippen molar-refractivity contribution >= 4 is 22.4 Å². The normalized spacial score (nSPS) is 16.0. The number of hydrogen-bond donors (Lipinski definition) is 2. The Kier molecular flexibility index (Phi) is 4.81. The molecule has 2 aliphatic rings. The molecule has 0 radical (unpaired) electrons. The van der Waals surface area contributed by atoms with E-state index in [1.165, 1.54) is 25.0 Å². The molecule has 2 N–H and O–H groups in total. The van der Waals surface area contributed by atoms with Crippen LogP contribution in [-0.2, 0) is 18.6 Å². The van der Waals surface area contributed by atoms with Gasteiger partial charge in [0.05, 0.1) is 28.3 Å². The van der Waals surface area contributed by atoms with E-state index in [1.807, 2.05) is 16.8 Å². The highest BCUT2D eigenvalue weighted by Crippen LogP contribution is 2.36. The van der Waals surface area contributed by atoms with Crippen LogP contribution in [0.3, 0.4) is 0 Å². The molecule has 3 aromatic heterocycles. The quantitative estimate of drug-likeness (QED) is 0.460. The number of pyridine rings is 2. The smallest absolute Gasteiger partial charge is 0.276 e. The molecule has 0 bridgehead atoms. The van der Waals surface area contributed by atoms with Crippen molar-refractivity contribution in [2.45, 2.75) is 51.4 Å². The fraction of sp³-hybridized carbons (Fsp3) is 0.346. The Balaban J connectivity index is 1.46. The van der Waals surface area contributed by atoms with Crippen molar-refractivity contribution < 1.29 is 4.39 Å². The van der Waals surface area contributed by atoms with E-state index in [4.69, 9.17) is 0 Å². The Morgan fingerprint density at radius 2 is 1.97 bits per heavy atom. The van der Waals surface area contributed by atoms with Gasteiger partial charge >= 0.3 is 0 Å². The largest absolute Gasteiger partial charge is 0.340 e. The number of benzene rings is 1. The molecule has 0 atom stereocenters. The minimum Gasteiger partial charge on any atom is -0.340 e. The number of rotatable bonds is 5. The van der Waals surface area contributed by atoms with Crippen LogP contribution in [-0.4, -0.2) is 25.9 Å². The minimum atomic E-state index is -1.58. The fourth-order valence-corrected chi connectivity index (χ4v) is 4.68. The van der Waals surface area contributed by atoms with Gasteiger partial charge in [-0.2, -0.15) is 0 Å². The number of alkyl halides is 1. The topological polar surface area (TPSA) is 76.8 Å². The van der Waals surface area contributed by atoms with Crippen LogP contribution in [0, 0.1) is 0 Å². The molecule has 1 fully saturated rings. The number of anilines is 2. The van der Waals surface area contributed by atoms with Gasteiger partial charge < -0.3 is 10.6 Å². The van der Waals surface area contributed by atoms with Gasteiger partial charge in [-0.15, -0.1) is 0 Å². The first-order chi connectivity index (χ1) is 16.4. The highest BCUT2D eigenvalue weighted by atomic mass is 19.1. The number of fused-ring (bicyclic) bond motifs is 2. The second kappa shape index (κ2) is 7.77. The van der Waals surface area contributed by atoms with Gasteiger partial charge in [0.2, 0.25) is 0 Å². The second-order valence-electron chi connectivity index (χ2n) is 9.69. The zero-order valence-corrected chi connectivity index (χ0v) is 19.3. The van der Waals surface area contributed by atoms with E-state index in [1.54, 1.807) is 23.1 Å². The minimum absolute atomic E-state index is 0.0747. The van der Waals surface area contributed by atoms with Gasteiger partial charge in [0.25, 0.3) is 5.56 Å². The molecular weight excluding hydrogens is 431 g/mol. The van der Waals surface area contributed by atoms with Crippen molar-refractivity contribution in [1.82, 2.24) is 24.6 Å². The van der Waals surface area contributed by atoms with Crippen molar-refractivity contribution in [1.29, 1.82) is 0 Å². The first-order valence-corrected chi connectivity index (χ1v) is 11.8. The molecule has 1 aromatic carbocycles. The van der Waals surface area contributed by atoms with Crippen LogP contribution in [0.25, 0.3) is 16.6 Å². The highest BCUT2D eigenvalue weighted by Gasteiger charge is 2.31. The summed E-state index contributed by atoms with van der Waals surface area (Å²) in [5.74, 6) is 0.651. The SMILES string of the molecule is CC(C)(F)c1cc(-n2c3cc(Nc4ccc5c(c4)CNCC5)ncc3c(=O)n2C2CC2)ccn1. The lowest BCUT2D eigenvalue weighted by atomic mass is 10.0. The molecule has 4 aromatic rings. The third-order valence-electron chi connectivity index (χ3n) is 6.62. The Morgan fingerprint density at radius 3 is 2.76 bits per heavy atom. The molecule has 6 rings (SSSR count). The summed E-state index contributed by atoms with van der Waals surface area (Å²) in [6, 6.07) is 11.9. The molecule has 1 aliphatic heterocycles. The Hall–Kier alpha value is -3.52. The van der Waals surface area contributed by atoms with Gasteiger partial charge in [-0.1, -0.05) is 6.07 Å². The third kappa shape index (κ3) is 3.68. The average molecular weight is 459 g/mol. The molecule has 0 unspecified atom stereocenters. The first-order valence-electron chi connectivity index (χ1n) is 11.8. The van der Waals surface area contributed by atoms with Crippen LogP contribution in [0.2, 0.25) is 0 Å². The van der Waals surface area contributed by atoms with Crippen LogP contribution in [0.4, 0.5) is 15.9 Å². The van der Waals surface area contributed by atoms with E-state index in [0.29, 0.717) is 22.6 Å². The van der Waals surface area contributed by atoms with Crippen molar-refractivity contribution in [2.24, 2.45) is 0 Å². The van der Waals surface area contributed by atoms with Crippen LogP contribution < -0.4 is 16.2 Å². The number of hydrogen-bond acceptors (Lipinski definition) is 5. The van der Waals surface area contributed by atoms with E-state index in [0.717, 1.165) is 43.6 Å². The maximum absolute atomic E-state index is 14.7. The van der Waals surface area contributed by atoms with Crippen LogP contribution in [0.15, 0.2) is 53.6 Å². The Bertz CT molecular complexity index is 1460. The van der Waals surface area contributed by atoms with Crippen molar-refractivity contribution in [3.63, 3.8) is 0 Å². The predicted molar refractivity (Wildman–Crippen MR) is 131 cm³/mol. The number of aromatic nitrogens is 4. The van der Waals surface area contributed by atoms with Crippen molar-refractivity contribution in [3.8, 4) is 5.69 Å². The summed E-state index contributed by atoms with van der Waals surface area (Å²) < 4.78 is 18.4. The van der Waals surface area contributed by atoms with Crippen LogP contribution >= 0.6 is 0 Å². The number of nitrogens with one attached hydrogen (secondary N) is 2. The Morgan fingerprint density at radius 1 is 1.12 bits per heavy atom. The van der Waals surface area contributed by atoms with E-state index >= 15 is 0 Å². The number of nitrogens with zero attached hydrogens (tertiary/aromatic N) is 4. The standard InChI is InChI=1S/C26H27FN6O/c1-26(2,27)23-12-20(8-10-29-23)32-22-13-24(30-15-21(22)25(34)33(32)19-5-6-19)31-18-4-3-16-7-9-28-14-17(16)11-18/h3-4,8,10-13,15,19,28H,5-7,9,14H2,1-2H3,(H,30,31). The average Bonchev–Trinajstić information content (AvgIpc) is 3.62. The lowest BCUT2D eigenvalue weighted by Gasteiger charge is -2.18. The summed E-state index contributed by atoms with van der Waals surface area (Å²) >= 11 is 0. The van der Waals surface area contributed by atoms with E-state index in [2.05, 4.69) is 38.8 Å². The molecule has 34 heavy (non-hydrogen) atoms. The summed E-state index contributed by atoms with van der Waals surface area (Å²) in [6.07, 6.45) is 6.16. The summed E-state index contributed by atoms with van der Waals surface area (Å²) in [5.41, 5.74) is 3.73. The third-order valence-corrected chi connectivity index (χ3v) is 6.62. The Labute approximate surface area is 196 Å². The first kappa shape index (κ1) is 21.0. The molecule has 7 nitrogen and oxygen atoms in total. The molecular formula is C26H27FN6O. The van der Waals surface area contributed by atoms with Gasteiger partial charge in [-0.05, 0) is 75.0 Å². The fourth-order valence-electron chi connectivity index (χ4n) is 4.68. The summed E-state index contributed by atoms with van der Waals surface area (Å²) in [4.78, 5) is 22.1. The van der Waals surface area contributed by atoms with E-state index in [9.17, 15) is 9.18 Å². The maximum atomic E-state index is 14.7. The van der Waals surface area contributed by atoms with E-state index < -0.39 is 5.67 Å². The molecule has 8 heteroatoms. The lowest BCUT2D eigenvalue weighted by molar-refractivity contribution is 0.214. The molecule has 1 aliphatic carbocycles. The van der Waals surface area contributed by atoms with Crippen LogP contribution in [0.1, 0.15) is 49.6 Å². The zero-order valence-electron chi connectivity index (χ0n) is 19.3. The van der Waals surface area contributed by atoms with E-state index in [-0.39, 0.29) is 11.6 Å². The van der Waals surface area contributed by atoms with Crippen molar-refractivity contribution in [3.05, 3.63) is 76.0 Å². The monoisotopic (exact) mass is 458 g/mol. The predicted octanol–water partition coefficient (Wildman–Crippen LogP) is 4.51. The summed E-state index contributed by atoms with van der Waals surface area (Å²) in [7, 11) is 0. The van der Waals surface area contributed by atoms with Crippen molar-refractivity contribution in [2.75, 3.05) is 11.9 Å². The van der Waals surface area contributed by atoms with Gasteiger partial charge in [-0.25, -0.2) is 18.7 Å². The van der Waals surface area contributed by atoms with Crippen LogP contribution in [0.5, 0.6) is 0 Å². The molecule has 4 heterocycles. The van der Waals surface area contributed by atoms with Gasteiger partial charge in [0.15, 0.2) is 0 Å². The summed E-state index contributed by atoms with van der Waals surface area (Å²) in [5, 5.41) is 7.35. The van der Waals surface area contributed by atoms with Gasteiger partial charge in [0, 0.05) is 30.7 Å². The molecule has 174 valence electrons. The number of halogens is 1. The van der Waals surface area contributed by atoms with Gasteiger partial charge in [0.1, 0.15) is 11.5 Å². The maximum Gasteiger partial charge on any atom is 0.276 e. The second-order valence-corrected chi connectivity index (χ2v) is 9.69. The molecule has 0 saturated heterocycles. The molecule has 0 amide bonds. The highest BCUT2D eigenvalue weighted by molar-refractivity contribution is 5.83. The zero-order chi connectivity index (χ0) is 23.4. The lowest BCUT2D eigenvalue weighted by Crippen LogP contribution is -2.23. The molecule has 0 spiro atoms. The van der Waals surface area contributed by atoms with Gasteiger partial charge in [-0.3, -0.25) is 9.78 Å². The summed E-state index contributed by atoms with van der Waals surface area (Å²) in [6.45, 7) is 4.84.